The molecular formula is C22H15BF2N2O. The Morgan fingerprint density at radius 2 is 1.43 bits per heavy atom. The minimum Gasteiger partial charge on any atom is -0.285 e. The van der Waals surface area contributed by atoms with Crippen molar-refractivity contribution in [3.63, 3.8) is 0 Å². The van der Waals surface area contributed by atoms with Gasteiger partial charge in [-0.1, -0.05) is 41.9 Å². The lowest BCUT2D eigenvalue weighted by Gasteiger charge is -2.23. The van der Waals surface area contributed by atoms with Gasteiger partial charge in [-0.05, 0) is 48.4 Å². The van der Waals surface area contributed by atoms with E-state index in [0.717, 1.165) is 0 Å². The molecule has 1 heterocycles. The summed E-state index contributed by atoms with van der Waals surface area (Å²) in [6, 6.07) is 16.2. The minimum absolute atomic E-state index is 0.270. The average Bonchev–Trinajstić information content (AvgIpc) is 2.68. The molecule has 0 N–H and O–H groups in total. The highest BCUT2D eigenvalue weighted by molar-refractivity contribution is 6.33. The summed E-state index contributed by atoms with van der Waals surface area (Å²) in [5.74, 6) is -0.272. The van der Waals surface area contributed by atoms with Crippen LogP contribution in [0.5, 0.6) is 0 Å². The number of hydrogen-bond acceptors (Lipinski definition) is 2. The quantitative estimate of drug-likeness (QED) is 0.517. The Bertz CT molecular complexity index is 1170. The summed E-state index contributed by atoms with van der Waals surface area (Å²) in [4.78, 5) is 17.9. The molecule has 0 aliphatic rings. The zero-order chi connectivity index (χ0) is 19.8. The lowest BCUT2D eigenvalue weighted by molar-refractivity contribution is 0.602. The van der Waals surface area contributed by atoms with E-state index in [9.17, 15) is 13.6 Å². The molecular weight excluding hydrogens is 357 g/mol. The molecule has 28 heavy (non-hydrogen) atoms. The smallest absolute Gasteiger partial charge is 0.262 e. The van der Waals surface area contributed by atoms with Crippen LogP contribution in [0.1, 0.15) is 23.0 Å². The normalized spacial score (nSPS) is 11.3. The number of aryl methyl sites for hydroxylation is 1. The molecule has 136 valence electrons. The van der Waals surface area contributed by atoms with Crippen molar-refractivity contribution >= 4 is 24.2 Å². The fraction of sp³-hybridized carbons (Fsp3) is 0.0909. The van der Waals surface area contributed by atoms with Crippen LogP contribution in [0, 0.1) is 18.6 Å². The first kappa shape index (κ1) is 18.1. The Hall–Kier alpha value is -3.28. The second-order valence-corrected chi connectivity index (χ2v) is 6.62. The van der Waals surface area contributed by atoms with Crippen molar-refractivity contribution in [2.45, 2.75) is 13.0 Å². The van der Waals surface area contributed by atoms with Crippen LogP contribution in [0.3, 0.4) is 0 Å². The van der Waals surface area contributed by atoms with Crippen LogP contribution in [0.4, 0.5) is 8.78 Å². The summed E-state index contributed by atoms with van der Waals surface area (Å²) >= 11 is 0. The Morgan fingerprint density at radius 1 is 0.893 bits per heavy atom. The van der Waals surface area contributed by atoms with Crippen molar-refractivity contribution in [2.75, 3.05) is 0 Å². The van der Waals surface area contributed by atoms with Gasteiger partial charge in [0.05, 0.1) is 16.9 Å². The lowest BCUT2D eigenvalue weighted by atomic mass is 9.94. The van der Waals surface area contributed by atoms with Gasteiger partial charge < -0.3 is 0 Å². The van der Waals surface area contributed by atoms with E-state index in [0.29, 0.717) is 33.3 Å². The summed E-state index contributed by atoms with van der Waals surface area (Å²) in [6.07, 6.45) is 0. The summed E-state index contributed by atoms with van der Waals surface area (Å²) in [5, 5.41) is 0.389. The summed E-state index contributed by atoms with van der Waals surface area (Å²) in [7, 11) is 5.85. The minimum atomic E-state index is -0.591. The standard InChI is InChI=1S/C22H15BF2N2O/c1-13-26-20-11-6-16(23)12-19(20)22(28)27(13)21(14-2-7-17(24)8-3-14)15-4-9-18(25)10-5-15/h2-12,21H,1H3. The summed E-state index contributed by atoms with van der Waals surface area (Å²) in [6.45, 7) is 1.73. The van der Waals surface area contributed by atoms with Crippen LogP contribution in [-0.4, -0.2) is 17.4 Å². The van der Waals surface area contributed by atoms with E-state index >= 15 is 0 Å². The zero-order valence-corrected chi connectivity index (χ0v) is 15.1. The maximum absolute atomic E-state index is 13.5. The van der Waals surface area contributed by atoms with E-state index in [1.54, 1.807) is 49.4 Å². The number of hydrogen-bond donors (Lipinski definition) is 0. The second kappa shape index (κ2) is 7.04. The van der Waals surface area contributed by atoms with E-state index in [1.807, 2.05) is 0 Å². The number of halogens is 2. The molecule has 0 fully saturated rings. The maximum Gasteiger partial charge on any atom is 0.262 e. The Balaban J connectivity index is 2.03. The van der Waals surface area contributed by atoms with Crippen LogP contribution < -0.4 is 11.0 Å². The fourth-order valence-corrected chi connectivity index (χ4v) is 3.41. The molecule has 3 nitrogen and oxygen atoms in total. The van der Waals surface area contributed by atoms with Gasteiger partial charge in [-0.15, -0.1) is 0 Å². The molecule has 0 saturated carbocycles. The van der Waals surface area contributed by atoms with Crippen LogP contribution in [0.25, 0.3) is 10.9 Å². The van der Waals surface area contributed by atoms with E-state index in [-0.39, 0.29) is 17.2 Å². The maximum atomic E-state index is 13.5. The third kappa shape index (κ3) is 3.22. The molecule has 0 amide bonds. The predicted molar refractivity (Wildman–Crippen MR) is 106 cm³/mol. The second-order valence-electron chi connectivity index (χ2n) is 6.62. The van der Waals surface area contributed by atoms with Gasteiger partial charge in [0.2, 0.25) is 0 Å². The third-order valence-electron chi connectivity index (χ3n) is 4.73. The number of rotatable bonds is 3. The van der Waals surface area contributed by atoms with Gasteiger partial charge in [0.15, 0.2) is 0 Å². The number of aromatic nitrogens is 2. The molecule has 0 saturated heterocycles. The van der Waals surface area contributed by atoms with Gasteiger partial charge in [0.1, 0.15) is 25.3 Å². The first-order chi connectivity index (χ1) is 13.4. The van der Waals surface area contributed by atoms with Crippen molar-refractivity contribution in [2.24, 2.45) is 0 Å². The molecule has 0 aliphatic carbocycles. The summed E-state index contributed by atoms with van der Waals surface area (Å²) < 4.78 is 28.5. The van der Waals surface area contributed by atoms with E-state index in [1.165, 1.54) is 28.8 Å². The highest BCUT2D eigenvalue weighted by Crippen LogP contribution is 2.27. The van der Waals surface area contributed by atoms with Crippen molar-refractivity contribution in [3.8, 4) is 0 Å². The van der Waals surface area contributed by atoms with Gasteiger partial charge >= 0.3 is 0 Å². The Morgan fingerprint density at radius 3 is 1.96 bits per heavy atom. The van der Waals surface area contributed by atoms with Gasteiger partial charge in [0.25, 0.3) is 5.56 Å². The van der Waals surface area contributed by atoms with Gasteiger partial charge in [-0.3, -0.25) is 9.36 Å². The molecule has 0 spiro atoms. The highest BCUT2D eigenvalue weighted by Gasteiger charge is 2.21. The third-order valence-corrected chi connectivity index (χ3v) is 4.73. The molecule has 4 rings (SSSR count). The van der Waals surface area contributed by atoms with Crippen molar-refractivity contribution in [1.82, 2.24) is 9.55 Å². The van der Waals surface area contributed by atoms with E-state index in [2.05, 4.69) is 4.98 Å². The van der Waals surface area contributed by atoms with Gasteiger partial charge in [-0.2, -0.15) is 0 Å². The topological polar surface area (TPSA) is 34.9 Å². The predicted octanol–water partition coefficient (Wildman–Crippen LogP) is 3.41. The largest absolute Gasteiger partial charge is 0.285 e. The molecule has 3 aromatic carbocycles. The number of nitrogens with zero attached hydrogens (tertiary/aromatic N) is 2. The molecule has 0 atom stereocenters. The summed E-state index contributed by atoms with van der Waals surface area (Å²) in [5.41, 5.74) is 2.10. The van der Waals surface area contributed by atoms with Gasteiger partial charge in [0, 0.05) is 0 Å². The zero-order valence-electron chi connectivity index (χ0n) is 15.1. The number of fused-ring (bicyclic) bond motifs is 1. The van der Waals surface area contributed by atoms with Crippen LogP contribution in [-0.2, 0) is 0 Å². The molecule has 0 bridgehead atoms. The Labute approximate surface area is 161 Å². The average molecular weight is 372 g/mol. The first-order valence-corrected chi connectivity index (χ1v) is 8.73. The molecule has 2 radical (unpaired) electrons. The molecule has 1 aromatic heterocycles. The fourth-order valence-electron chi connectivity index (χ4n) is 3.41. The van der Waals surface area contributed by atoms with Gasteiger partial charge in [-0.25, -0.2) is 13.8 Å². The van der Waals surface area contributed by atoms with E-state index in [4.69, 9.17) is 7.85 Å². The molecule has 6 heteroatoms. The monoisotopic (exact) mass is 372 g/mol. The lowest BCUT2D eigenvalue weighted by Crippen LogP contribution is -2.30. The number of benzene rings is 3. The van der Waals surface area contributed by atoms with Crippen molar-refractivity contribution in [3.05, 3.63) is 106 Å². The van der Waals surface area contributed by atoms with Crippen LogP contribution >= 0.6 is 0 Å². The van der Waals surface area contributed by atoms with Crippen molar-refractivity contribution < 1.29 is 8.78 Å². The molecule has 4 aromatic rings. The highest BCUT2D eigenvalue weighted by atomic mass is 19.1. The molecule has 0 unspecified atom stereocenters. The van der Waals surface area contributed by atoms with E-state index < -0.39 is 6.04 Å². The van der Waals surface area contributed by atoms with Crippen LogP contribution in [0.15, 0.2) is 71.5 Å². The first-order valence-electron chi connectivity index (χ1n) is 8.73. The molecule has 0 aliphatic heterocycles. The van der Waals surface area contributed by atoms with Crippen LogP contribution in [0.2, 0.25) is 0 Å². The van der Waals surface area contributed by atoms with Crippen molar-refractivity contribution in [1.29, 1.82) is 0 Å². The Kier molecular flexibility index (Phi) is 4.55. The SMILES string of the molecule is [B]c1ccc2nc(C)n(C(c3ccc(F)cc3)c3ccc(F)cc3)c(=O)c2c1.